The maximum absolute atomic E-state index is 13.6. The van der Waals surface area contributed by atoms with Crippen molar-refractivity contribution in [1.82, 2.24) is 0 Å². The van der Waals surface area contributed by atoms with Crippen LogP contribution in [0.1, 0.15) is 31.9 Å². The Bertz CT molecular complexity index is 1080. The highest BCUT2D eigenvalue weighted by molar-refractivity contribution is 6.03. The molecule has 0 aliphatic carbocycles. The molecule has 0 aromatic heterocycles. The lowest BCUT2D eigenvalue weighted by Gasteiger charge is -2.45. The summed E-state index contributed by atoms with van der Waals surface area (Å²) >= 11 is 0. The van der Waals surface area contributed by atoms with Crippen LogP contribution in [-0.2, 0) is 0 Å². The smallest absolute Gasteiger partial charge is 0.326 e. The summed E-state index contributed by atoms with van der Waals surface area (Å²) < 4.78 is 10.7. The van der Waals surface area contributed by atoms with Gasteiger partial charge in [0.05, 0.1) is 25.9 Å². The number of nitrogens with one attached hydrogen (secondary N) is 2. The predicted octanol–water partition coefficient (Wildman–Crippen LogP) is 6.32. The molecule has 0 saturated heterocycles. The van der Waals surface area contributed by atoms with Gasteiger partial charge in [0.2, 0.25) is 0 Å². The van der Waals surface area contributed by atoms with Gasteiger partial charge in [-0.3, -0.25) is 4.90 Å². The number of urea groups is 1. The molecule has 3 aromatic rings. The minimum atomic E-state index is -0.172. The molecule has 1 aliphatic rings. The van der Waals surface area contributed by atoms with Crippen molar-refractivity contribution in [3.63, 3.8) is 0 Å². The molecule has 2 N–H and O–H groups in total. The molecule has 0 unspecified atom stereocenters. The highest BCUT2D eigenvalue weighted by Crippen LogP contribution is 2.43. The molecule has 0 fully saturated rings. The number of methoxy groups -OCH3 is 2. The third-order valence-corrected chi connectivity index (χ3v) is 6.33. The van der Waals surface area contributed by atoms with Crippen LogP contribution in [0.3, 0.4) is 0 Å². The third-order valence-electron chi connectivity index (χ3n) is 6.33. The molecule has 0 radical (unpaired) electrons. The van der Waals surface area contributed by atoms with Crippen LogP contribution in [0.25, 0.3) is 0 Å². The first-order valence-corrected chi connectivity index (χ1v) is 11.3. The summed E-state index contributed by atoms with van der Waals surface area (Å²) in [7, 11) is 3.19. The number of carbonyl (C=O) groups excluding carboxylic acids is 1. The number of benzene rings is 3. The maximum atomic E-state index is 13.6. The normalized spacial score (nSPS) is 19.4. The Morgan fingerprint density at radius 1 is 0.909 bits per heavy atom. The monoisotopic (exact) mass is 445 g/mol. The van der Waals surface area contributed by atoms with E-state index in [0.717, 1.165) is 23.4 Å². The summed E-state index contributed by atoms with van der Waals surface area (Å²) in [5.74, 6) is 1.43. The first kappa shape index (κ1) is 22.5. The van der Waals surface area contributed by atoms with Gasteiger partial charge in [-0.25, -0.2) is 4.79 Å². The van der Waals surface area contributed by atoms with E-state index < -0.39 is 0 Å². The lowest BCUT2D eigenvalue weighted by atomic mass is 9.81. The SMILES string of the molecule is CC[C@@H]1[C@@H](C)[C@H](Nc2ccccc2)c2ccccc2N1C(=O)Nc1cc(OC)cc(OC)c1. The second-order valence-electron chi connectivity index (χ2n) is 8.28. The average molecular weight is 446 g/mol. The van der Waals surface area contributed by atoms with E-state index in [1.54, 1.807) is 32.4 Å². The Hall–Kier alpha value is -3.67. The molecule has 172 valence electrons. The van der Waals surface area contributed by atoms with Crippen LogP contribution in [0.5, 0.6) is 11.5 Å². The van der Waals surface area contributed by atoms with E-state index in [2.05, 4.69) is 42.7 Å². The van der Waals surface area contributed by atoms with Gasteiger partial charge in [-0.1, -0.05) is 50.2 Å². The van der Waals surface area contributed by atoms with Crippen molar-refractivity contribution in [2.75, 3.05) is 29.8 Å². The number of nitrogens with zero attached hydrogens (tertiary/aromatic N) is 1. The lowest BCUT2D eigenvalue weighted by Crippen LogP contribution is -2.51. The third kappa shape index (κ3) is 4.60. The fourth-order valence-corrected chi connectivity index (χ4v) is 4.69. The molecule has 3 aromatic carbocycles. The minimum absolute atomic E-state index is 0.0219. The number of para-hydroxylation sites is 2. The van der Waals surface area contributed by atoms with Gasteiger partial charge in [0, 0.05) is 41.5 Å². The number of anilines is 3. The summed E-state index contributed by atoms with van der Waals surface area (Å²) in [6, 6.07) is 23.7. The van der Waals surface area contributed by atoms with E-state index >= 15 is 0 Å². The summed E-state index contributed by atoms with van der Waals surface area (Å²) in [5, 5.41) is 6.76. The van der Waals surface area contributed by atoms with E-state index in [9.17, 15) is 4.79 Å². The van der Waals surface area contributed by atoms with E-state index in [4.69, 9.17) is 9.47 Å². The van der Waals surface area contributed by atoms with Crippen LogP contribution in [0.15, 0.2) is 72.8 Å². The second kappa shape index (κ2) is 9.86. The number of hydrogen-bond acceptors (Lipinski definition) is 4. The zero-order valence-electron chi connectivity index (χ0n) is 19.5. The van der Waals surface area contributed by atoms with Crippen molar-refractivity contribution in [2.45, 2.75) is 32.4 Å². The average Bonchev–Trinajstić information content (AvgIpc) is 2.85. The standard InChI is InChI=1S/C27H31N3O3/c1-5-24-18(2)26(28-19-11-7-6-8-12-19)23-13-9-10-14-25(23)30(24)27(31)29-20-15-21(32-3)17-22(16-20)33-4/h6-18,24,26,28H,5H2,1-4H3,(H,29,31)/t18-,24-,26+/m1/s1. The Labute approximate surface area is 195 Å². The molecule has 3 atom stereocenters. The highest BCUT2D eigenvalue weighted by atomic mass is 16.5. The quantitative estimate of drug-likeness (QED) is 0.466. The first-order valence-electron chi connectivity index (χ1n) is 11.3. The number of fused-ring (bicyclic) bond motifs is 1. The van der Waals surface area contributed by atoms with E-state index in [0.29, 0.717) is 17.2 Å². The summed E-state index contributed by atoms with van der Waals surface area (Å²) in [6.07, 6.45) is 0.831. The van der Waals surface area contributed by atoms with Gasteiger partial charge >= 0.3 is 6.03 Å². The van der Waals surface area contributed by atoms with E-state index in [1.165, 1.54) is 0 Å². The van der Waals surface area contributed by atoms with Crippen LogP contribution >= 0.6 is 0 Å². The Balaban J connectivity index is 1.68. The Kier molecular flexibility index (Phi) is 6.73. The van der Waals surface area contributed by atoms with E-state index in [-0.39, 0.29) is 24.0 Å². The minimum Gasteiger partial charge on any atom is -0.497 e. The second-order valence-corrected chi connectivity index (χ2v) is 8.28. The van der Waals surface area contributed by atoms with Crippen LogP contribution in [0, 0.1) is 5.92 Å². The molecule has 0 bridgehead atoms. The maximum Gasteiger partial charge on any atom is 0.326 e. The van der Waals surface area contributed by atoms with Crippen LogP contribution in [0.2, 0.25) is 0 Å². The first-order chi connectivity index (χ1) is 16.0. The van der Waals surface area contributed by atoms with Crippen molar-refractivity contribution in [3.8, 4) is 11.5 Å². The molecule has 2 amide bonds. The number of rotatable bonds is 6. The van der Waals surface area contributed by atoms with Gasteiger partial charge in [-0.05, 0) is 30.2 Å². The van der Waals surface area contributed by atoms with Crippen molar-refractivity contribution in [2.24, 2.45) is 5.92 Å². The van der Waals surface area contributed by atoms with Gasteiger partial charge in [0.25, 0.3) is 0 Å². The molecule has 0 saturated carbocycles. The zero-order valence-corrected chi connectivity index (χ0v) is 19.5. The van der Waals surface area contributed by atoms with Gasteiger partial charge in [-0.2, -0.15) is 0 Å². The topological polar surface area (TPSA) is 62.8 Å². The largest absolute Gasteiger partial charge is 0.497 e. The zero-order chi connectivity index (χ0) is 23.4. The van der Waals surface area contributed by atoms with Crippen LogP contribution < -0.4 is 25.0 Å². The number of carbonyl (C=O) groups is 1. The predicted molar refractivity (Wildman–Crippen MR) is 134 cm³/mol. The van der Waals surface area contributed by atoms with Gasteiger partial charge in [0.1, 0.15) is 11.5 Å². The van der Waals surface area contributed by atoms with Crippen LogP contribution in [0.4, 0.5) is 21.9 Å². The van der Waals surface area contributed by atoms with Crippen LogP contribution in [-0.4, -0.2) is 26.3 Å². The van der Waals surface area contributed by atoms with Gasteiger partial charge in [-0.15, -0.1) is 0 Å². The van der Waals surface area contributed by atoms with E-state index in [1.807, 2.05) is 41.3 Å². The number of amides is 2. The fraction of sp³-hybridized carbons (Fsp3) is 0.296. The summed E-state index contributed by atoms with van der Waals surface area (Å²) in [6.45, 7) is 4.34. The van der Waals surface area contributed by atoms with Crippen molar-refractivity contribution < 1.29 is 14.3 Å². The van der Waals surface area contributed by atoms with Crippen molar-refractivity contribution in [1.29, 1.82) is 0 Å². The molecule has 1 heterocycles. The Morgan fingerprint density at radius 2 is 1.55 bits per heavy atom. The summed E-state index contributed by atoms with van der Waals surface area (Å²) in [4.78, 5) is 15.5. The summed E-state index contributed by atoms with van der Waals surface area (Å²) in [5.41, 5.74) is 3.72. The molecule has 0 spiro atoms. The molecular formula is C27H31N3O3. The van der Waals surface area contributed by atoms with Crippen molar-refractivity contribution >= 4 is 23.1 Å². The number of hydrogen-bond donors (Lipinski definition) is 2. The highest BCUT2D eigenvalue weighted by Gasteiger charge is 2.40. The molecule has 6 heteroatoms. The Morgan fingerprint density at radius 3 is 2.18 bits per heavy atom. The molecular weight excluding hydrogens is 414 g/mol. The van der Waals surface area contributed by atoms with Gasteiger partial charge in [0.15, 0.2) is 0 Å². The molecule has 4 rings (SSSR count). The molecule has 6 nitrogen and oxygen atoms in total. The fourth-order valence-electron chi connectivity index (χ4n) is 4.69. The molecule has 33 heavy (non-hydrogen) atoms. The van der Waals surface area contributed by atoms with Gasteiger partial charge < -0.3 is 20.1 Å². The number of ether oxygens (including phenoxy) is 2. The lowest BCUT2D eigenvalue weighted by molar-refractivity contribution is 0.247. The molecule has 1 aliphatic heterocycles. The van der Waals surface area contributed by atoms with Crippen molar-refractivity contribution in [3.05, 3.63) is 78.4 Å².